The highest BCUT2D eigenvalue weighted by Crippen LogP contribution is 2.17. The molecule has 0 aliphatic carbocycles. The number of aliphatic imine (C=N–C) groups is 1. The summed E-state index contributed by atoms with van der Waals surface area (Å²) in [6.45, 7) is 4.19. The average Bonchev–Trinajstić information content (AvgIpc) is 2.74. The third kappa shape index (κ3) is 10.3. The number of alkyl halides is 2. The van der Waals surface area contributed by atoms with Gasteiger partial charge in [0.05, 0.1) is 0 Å². The molecule has 0 spiro atoms. The Hall–Kier alpha value is -1.69. The summed E-state index contributed by atoms with van der Waals surface area (Å²) in [5.41, 5.74) is 6.37. The maximum Gasteiger partial charge on any atom is 0.387 e. The van der Waals surface area contributed by atoms with Crippen molar-refractivity contribution in [2.75, 3.05) is 39.8 Å². The molecule has 2 rings (SSSR count). The van der Waals surface area contributed by atoms with Gasteiger partial charge in [0.15, 0.2) is 5.96 Å². The molecule has 3 N–H and O–H groups in total. The van der Waals surface area contributed by atoms with Crippen molar-refractivity contribution in [3.8, 4) is 5.75 Å². The van der Waals surface area contributed by atoms with Crippen molar-refractivity contribution in [1.82, 2.24) is 15.1 Å². The number of amides is 1. The molecular weight excluding hydrogens is 531 g/mol. The first-order chi connectivity index (χ1) is 14.9. The molecule has 0 atom stereocenters. The molecule has 1 aliphatic heterocycles. The monoisotopic (exact) mass is 567 g/mol. The Labute approximate surface area is 206 Å². The summed E-state index contributed by atoms with van der Waals surface area (Å²) in [5.74, 6) is 0.831. The lowest BCUT2D eigenvalue weighted by molar-refractivity contribution is -0.123. The Morgan fingerprint density at radius 3 is 2.50 bits per heavy atom. The zero-order valence-corrected chi connectivity index (χ0v) is 21.3. The molecule has 182 valence electrons. The number of piperidine rings is 1. The molecule has 10 heteroatoms. The number of nitrogens with one attached hydrogen (secondary N) is 1. The van der Waals surface area contributed by atoms with Gasteiger partial charge in [-0.25, -0.2) is 0 Å². The van der Waals surface area contributed by atoms with Gasteiger partial charge >= 0.3 is 6.61 Å². The number of hydrogen-bond acceptors (Lipinski definition) is 4. The molecule has 0 saturated carbocycles. The Kier molecular flexibility index (Phi) is 13.5. The van der Waals surface area contributed by atoms with Crippen molar-refractivity contribution in [2.24, 2.45) is 16.6 Å². The van der Waals surface area contributed by atoms with Crippen molar-refractivity contribution in [1.29, 1.82) is 0 Å². The predicted octanol–water partition coefficient (Wildman–Crippen LogP) is 3.28. The second-order valence-electron chi connectivity index (χ2n) is 7.84. The molecule has 1 heterocycles. The highest BCUT2D eigenvalue weighted by Gasteiger charge is 2.22. The minimum atomic E-state index is -2.82. The molecule has 1 aromatic carbocycles. The molecule has 1 saturated heterocycles. The number of carbonyl (C=O) groups is 1. The number of unbranched alkanes of at least 4 members (excludes halogenated alkanes) is 1. The lowest BCUT2D eigenvalue weighted by Crippen LogP contribution is -2.39. The van der Waals surface area contributed by atoms with E-state index in [-0.39, 0.29) is 41.6 Å². The zero-order chi connectivity index (χ0) is 22.6. The van der Waals surface area contributed by atoms with Crippen LogP contribution in [0.1, 0.15) is 38.2 Å². The van der Waals surface area contributed by atoms with E-state index in [1.165, 1.54) is 0 Å². The van der Waals surface area contributed by atoms with Crippen LogP contribution < -0.4 is 15.8 Å². The fourth-order valence-electron chi connectivity index (χ4n) is 3.67. The molecule has 1 aromatic rings. The molecule has 0 aromatic heterocycles. The van der Waals surface area contributed by atoms with Crippen molar-refractivity contribution in [3.05, 3.63) is 29.8 Å². The highest BCUT2D eigenvalue weighted by molar-refractivity contribution is 14.0. The van der Waals surface area contributed by atoms with Gasteiger partial charge in [0.2, 0.25) is 5.91 Å². The fourth-order valence-corrected chi connectivity index (χ4v) is 3.67. The number of benzene rings is 1. The van der Waals surface area contributed by atoms with E-state index in [1.807, 2.05) is 18.9 Å². The van der Waals surface area contributed by atoms with Gasteiger partial charge < -0.3 is 25.6 Å². The van der Waals surface area contributed by atoms with E-state index in [1.54, 1.807) is 24.3 Å². The molecule has 0 bridgehead atoms. The van der Waals surface area contributed by atoms with E-state index in [9.17, 15) is 13.6 Å². The average molecular weight is 567 g/mol. The number of carbonyl (C=O) groups excluding carboxylic acids is 1. The molecule has 0 radical (unpaired) electrons. The van der Waals surface area contributed by atoms with Crippen molar-refractivity contribution >= 4 is 35.8 Å². The summed E-state index contributed by atoms with van der Waals surface area (Å²) in [6.07, 6.45) is 3.76. The quantitative estimate of drug-likeness (QED) is 0.186. The van der Waals surface area contributed by atoms with Crippen LogP contribution in [-0.4, -0.2) is 68.0 Å². The van der Waals surface area contributed by atoms with Crippen LogP contribution in [0.25, 0.3) is 0 Å². The smallest absolute Gasteiger partial charge is 0.387 e. The molecule has 1 amide bonds. The molecule has 1 aliphatic rings. The van der Waals surface area contributed by atoms with E-state index in [0.717, 1.165) is 69.9 Å². The van der Waals surface area contributed by atoms with Gasteiger partial charge in [0.1, 0.15) is 5.75 Å². The highest BCUT2D eigenvalue weighted by atomic mass is 127. The summed E-state index contributed by atoms with van der Waals surface area (Å²) in [4.78, 5) is 20.4. The Bertz CT molecular complexity index is 698. The third-order valence-electron chi connectivity index (χ3n) is 5.40. The topological polar surface area (TPSA) is 83.2 Å². The van der Waals surface area contributed by atoms with E-state index in [0.29, 0.717) is 6.54 Å². The summed E-state index contributed by atoms with van der Waals surface area (Å²) in [5, 5.41) is 3.29. The number of halogens is 3. The maximum atomic E-state index is 12.3. The molecule has 7 nitrogen and oxygen atoms in total. The van der Waals surface area contributed by atoms with E-state index >= 15 is 0 Å². The standard InChI is InChI=1S/C22H35F2N5O2.HI/c1-3-26-22(28(2)16-17-6-8-19(9-7-17)31-21(23)24)27-12-4-5-13-29-14-10-18(11-15-29)20(25)30;/h6-9,18,21H,3-5,10-16H2,1-2H3,(H2,25,30)(H,26,27);1H. The maximum absolute atomic E-state index is 12.3. The van der Waals surface area contributed by atoms with E-state index < -0.39 is 6.61 Å². The number of guanidine groups is 1. The SMILES string of the molecule is CCNC(=NCCCCN1CCC(C(N)=O)CC1)N(C)Cc1ccc(OC(F)F)cc1.I. The minimum Gasteiger partial charge on any atom is -0.435 e. The van der Waals surface area contributed by atoms with Gasteiger partial charge in [-0.05, 0) is 69.9 Å². The number of nitrogens with two attached hydrogens (primary N) is 1. The normalized spacial score (nSPS) is 15.3. The summed E-state index contributed by atoms with van der Waals surface area (Å²) >= 11 is 0. The van der Waals surface area contributed by atoms with Crippen molar-refractivity contribution in [3.63, 3.8) is 0 Å². The number of likely N-dealkylation sites (tertiary alicyclic amines) is 1. The molecule has 0 unspecified atom stereocenters. The van der Waals surface area contributed by atoms with Crippen LogP contribution in [0.2, 0.25) is 0 Å². The van der Waals surface area contributed by atoms with Crippen molar-refractivity contribution in [2.45, 2.75) is 45.8 Å². The second kappa shape index (κ2) is 15.2. The van der Waals surface area contributed by atoms with Crippen LogP contribution in [0.3, 0.4) is 0 Å². The first-order valence-electron chi connectivity index (χ1n) is 10.9. The van der Waals surface area contributed by atoms with Gasteiger partial charge in [-0.2, -0.15) is 8.78 Å². The van der Waals surface area contributed by atoms with Gasteiger partial charge in [-0.3, -0.25) is 9.79 Å². The Balaban J connectivity index is 0.00000512. The van der Waals surface area contributed by atoms with Crippen LogP contribution in [0.15, 0.2) is 29.3 Å². The predicted molar refractivity (Wildman–Crippen MR) is 134 cm³/mol. The van der Waals surface area contributed by atoms with Crippen LogP contribution in [-0.2, 0) is 11.3 Å². The van der Waals surface area contributed by atoms with Crippen LogP contribution in [0, 0.1) is 5.92 Å². The molecule has 32 heavy (non-hydrogen) atoms. The summed E-state index contributed by atoms with van der Waals surface area (Å²) in [7, 11) is 1.95. The lowest BCUT2D eigenvalue weighted by atomic mass is 9.96. The summed E-state index contributed by atoms with van der Waals surface area (Å²) in [6, 6.07) is 6.65. The first kappa shape index (κ1) is 28.3. The second-order valence-corrected chi connectivity index (χ2v) is 7.84. The largest absolute Gasteiger partial charge is 0.435 e. The number of ether oxygens (including phenoxy) is 1. The molecule has 1 fully saturated rings. The van der Waals surface area contributed by atoms with Gasteiger partial charge in [0, 0.05) is 32.6 Å². The minimum absolute atomic E-state index is 0. The van der Waals surface area contributed by atoms with E-state index in [2.05, 4.69) is 15.0 Å². The number of rotatable bonds is 11. The van der Waals surface area contributed by atoms with E-state index in [4.69, 9.17) is 10.7 Å². The van der Waals surface area contributed by atoms with Gasteiger partial charge in [-0.15, -0.1) is 24.0 Å². The third-order valence-corrected chi connectivity index (χ3v) is 5.40. The lowest BCUT2D eigenvalue weighted by Gasteiger charge is -2.30. The van der Waals surface area contributed by atoms with Crippen LogP contribution in [0.4, 0.5) is 8.78 Å². The van der Waals surface area contributed by atoms with Crippen LogP contribution in [0.5, 0.6) is 5.75 Å². The number of hydrogen-bond donors (Lipinski definition) is 2. The van der Waals surface area contributed by atoms with Crippen LogP contribution >= 0.6 is 24.0 Å². The van der Waals surface area contributed by atoms with Gasteiger partial charge in [0.25, 0.3) is 0 Å². The number of primary amides is 1. The Morgan fingerprint density at radius 2 is 1.94 bits per heavy atom. The first-order valence-corrected chi connectivity index (χ1v) is 10.9. The fraction of sp³-hybridized carbons (Fsp3) is 0.636. The molecular formula is C22H36F2IN5O2. The zero-order valence-electron chi connectivity index (χ0n) is 18.9. The van der Waals surface area contributed by atoms with Gasteiger partial charge in [-0.1, -0.05) is 12.1 Å². The Morgan fingerprint density at radius 1 is 1.28 bits per heavy atom. The summed E-state index contributed by atoms with van der Waals surface area (Å²) < 4.78 is 28.9. The van der Waals surface area contributed by atoms with Crippen molar-refractivity contribution < 1.29 is 18.3 Å². The number of nitrogens with zero attached hydrogens (tertiary/aromatic N) is 3.